The number of hydrogen-bond acceptors (Lipinski definition) is 10. The van der Waals surface area contributed by atoms with Gasteiger partial charge in [-0.2, -0.15) is 0 Å². The van der Waals surface area contributed by atoms with E-state index in [1.54, 1.807) is 0 Å². The van der Waals surface area contributed by atoms with Crippen molar-refractivity contribution in [3.8, 4) is 0 Å². The third kappa shape index (κ3) is 22.5. The summed E-state index contributed by atoms with van der Waals surface area (Å²) in [6, 6.07) is 0. The van der Waals surface area contributed by atoms with Gasteiger partial charge in [-0.1, -0.05) is 13.8 Å². The molecule has 13 heteroatoms. The van der Waals surface area contributed by atoms with Gasteiger partial charge in [0.05, 0.1) is 9.95 Å². The number of nitrogens with zero attached hydrogens (tertiary/aromatic N) is 2. The van der Waals surface area contributed by atoms with Crippen molar-refractivity contribution in [2.45, 2.75) is 68.2 Å². The van der Waals surface area contributed by atoms with Gasteiger partial charge in [0, 0.05) is 23.2 Å². The van der Waals surface area contributed by atoms with Crippen LogP contribution in [0.25, 0.3) is 0 Å². The molecule has 0 aliphatic carbocycles. The summed E-state index contributed by atoms with van der Waals surface area (Å²) in [5.74, 6) is 0. The third-order valence-electron chi connectivity index (χ3n) is 2.95. The van der Waals surface area contributed by atoms with Crippen LogP contribution in [0.3, 0.4) is 0 Å². The molecule has 0 unspecified atom stereocenters. The van der Waals surface area contributed by atoms with Crippen molar-refractivity contribution < 1.29 is 56.5 Å². The standard InChI is InChI=1S/2C9H22NO3.H2O4S/c2*1-5-9-10(11-6-2,12-7-3)13-8-4;1-5(2,3)4/h2*5-9H2,1-4H3;(H2,1,2,3,4)/q2*+1;/p-2. The van der Waals surface area contributed by atoms with E-state index in [2.05, 4.69) is 13.8 Å². The van der Waals surface area contributed by atoms with Gasteiger partial charge < -0.3 is 9.11 Å². The van der Waals surface area contributed by atoms with E-state index in [0.29, 0.717) is 39.6 Å². The van der Waals surface area contributed by atoms with E-state index in [0.717, 1.165) is 25.9 Å². The molecule has 0 aromatic carbocycles. The molecule has 0 aliphatic rings. The molecule has 0 heterocycles. The molecule has 192 valence electrons. The first-order valence-electron chi connectivity index (χ1n) is 10.8. The summed E-state index contributed by atoms with van der Waals surface area (Å²) in [6.07, 6.45) is 1.92. The number of quaternary nitrogens is 2. The average molecular weight is 481 g/mol. The molecule has 0 radical (unpaired) electrons. The molecule has 0 aromatic rings. The Morgan fingerprint density at radius 3 is 0.774 bits per heavy atom. The molecule has 0 aliphatic heterocycles. The molecular formula is C18H44N2O10S. The maximum Gasteiger partial charge on any atom is 0.178 e. The van der Waals surface area contributed by atoms with Crippen LogP contribution in [0.15, 0.2) is 0 Å². The second-order valence-corrected chi connectivity index (χ2v) is 6.40. The average Bonchev–Trinajstić information content (AvgIpc) is 2.63. The summed E-state index contributed by atoms with van der Waals surface area (Å²) < 4.78 is 34.1. The highest BCUT2D eigenvalue weighted by atomic mass is 32.3. The molecule has 0 rings (SSSR count). The minimum Gasteiger partial charge on any atom is -0.759 e. The summed E-state index contributed by atoms with van der Waals surface area (Å²) >= 11 is 0. The van der Waals surface area contributed by atoms with Crippen molar-refractivity contribution in [3.63, 3.8) is 0 Å². The summed E-state index contributed by atoms with van der Waals surface area (Å²) in [6.45, 7) is 20.7. The van der Waals surface area contributed by atoms with Gasteiger partial charge in [-0.25, -0.2) is 0 Å². The number of hydroxylamine groups is 6. The van der Waals surface area contributed by atoms with E-state index in [9.17, 15) is 0 Å². The Bertz CT molecular complexity index is 385. The predicted octanol–water partition coefficient (Wildman–Crippen LogP) is 2.80. The predicted molar refractivity (Wildman–Crippen MR) is 111 cm³/mol. The molecule has 0 amide bonds. The second-order valence-electron chi connectivity index (χ2n) is 5.58. The zero-order valence-corrected chi connectivity index (χ0v) is 21.3. The Balaban J connectivity index is -0.000000416. The molecule has 0 N–H and O–H groups in total. The Labute approximate surface area is 188 Å². The lowest BCUT2D eigenvalue weighted by Crippen LogP contribution is -2.48. The van der Waals surface area contributed by atoms with E-state index in [4.69, 9.17) is 46.5 Å². The van der Waals surface area contributed by atoms with E-state index >= 15 is 0 Å². The van der Waals surface area contributed by atoms with Crippen LogP contribution in [0.4, 0.5) is 0 Å². The Hall–Kier alpha value is -0.450. The molecule has 0 saturated carbocycles. The minimum atomic E-state index is -5.17. The van der Waals surface area contributed by atoms with Crippen molar-refractivity contribution in [2.24, 2.45) is 0 Å². The number of hydrogen-bond donors (Lipinski definition) is 0. The van der Waals surface area contributed by atoms with Gasteiger partial charge in [-0.15, -0.1) is 29.0 Å². The number of rotatable bonds is 16. The molecule has 0 atom stereocenters. The van der Waals surface area contributed by atoms with E-state index in [1.165, 1.54) is 0 Å². The van der Waals surface area contributed by atoms with Gasteiger partial charge in [0.1, 0.15) is 39.6 Å². The summed E-state index contributed by atoms with van der Waals surface area (Å²) in [5.41, 5.74) is 0. The first kappa shape index (κ1) is 35.1. The van der Waals surface area contributed by atoms with Gasteiger partial charge in [0.2, 0.25) is 0 Å². The first-order valence-corrected chi connectivity index (χ1v) is 12.1. The van der Waals surface area contributed by atoms with Crippen LogP contribution < -0.4 is 0 Å². The van der Waals surface area contributed by atoms with Crippen LogP contribution in [0.1, 0.15) is 68.2 Å². The maximum atomic E-state index is 8.52. The second kappa shape index (κ2) is 21.4. The van der Waals surface area contributed by atoms with Gasteiger partial charge in [0.15, 0.2) is 13.1 Å². The van der Waals surface area contributed by atoms with Crippen molar-refractivity contribution in [1.29, 1.82) is 0 Å². The first-order chi connectivity index (χ1) is 14.5. The van der Waals surface area contributed by atoms with Crippen LogP contribution in [0.5, 0.6) is 0 Å². The molecule has 31 heavy (non-hydrogen) atoms. The molecule has 0 fully saturated rings. The zero-order chi connectivity index (χ0) is 24.8. The van der Waals surface area contributed by atoms with Gasteiger partial charge in [0.25, 0.3) is 0 Å². The van der Waals surface area contributed by atoms with Crippen molar-refractivity contribution in [2.75, 3.05) is 52.7 Å². The van der Waals surface area contributed by atoms with Crippen molar-refractivity contribution in [1.82, 2.24) is 0 Å². The zero-order valence-electron chi connectivity index (χ0n) is 20.5. The van der Waals surface area contributed by atoms with Gasteiger partial charge >= 0.3 is 0 Å². The Morgan fingerprint density at radius 1 is 0.516 bits per heavy atom. The van der Waals surface area contributed by atoms with Crippen LogP contribution in [-0.4, -0.2) is 80.2 Å². The largest absolute Gasteiger partial charge is 0.759 e. The normalized spacial score (nSPS) is 11.9. The molecule has 12 nitrogen and oxygen atoms in total. The van der Waals surface area contributed by atoms with E-state index < -0.39 is 10.4 Å². The van der Waals surface area contributed by atoms with Crippen LogP contribution >= 0.6 is 0 Å². The van der Waals surface area contributed by atoms with Crippen LogP contribution in [-0.2, 0) is 39.4 Å². The molecule has 0 aromatic heterocycles. The highest BCUT2D eigenvalue weighted by molar-refractivity contribution is 7.79. The molecular weight excluding hydrogens is 436 g/mol. The fourth-order valence-electron chi connectivity index (χ4n) is 2.34. The fourth-order valence-corrected chi connectivity index (χ4v) is 2.34. The highest BCUT2D eigenvalue weighted by Crippen LogP contribution is 2.13. The van der Waals surface area contributed by atoms with Crippen molar-refractivity contribution in [3.05, 3.63) is 0 Å². The lowest BCUT2D eigenvalue weighted by Gasteiger charge is -2.27. The lowest BCUT2D eigenvalue weighted by molar-refractivity contribution is -1.37. The quantitative estimate of drug-likeness (QED) is 0.140. The smallest absolute Gasteiger partial charge is 0.178 e. The summed E-state index contributed by atoms with van der Waals surface area (Å²) in [7, 11) is -5.17. The molecule has 0 spiro atoms. The van der Waals surface area contributed by atoms with Crippen LogP contribution in [0.2, 0.25) is 0 Å². The van der Waals surface area contributed by atoms with Crippen molar-refractivity contribution >= 4 is 10.4 Å². The SMILES string of the molecule is CCC[N+](OCC)(OCC)OCC.CCC[N+](OCC)(OCC)OCC.O=S(=O)([O-])[O-]. The Morgan fingerprint density at radius 2 is 0.677 bits per heavy atom. The van der Waals surface area contributed by atoms with Gasteiger partial charge in [-0.05, 0) is 41.5 Å². The summed E-state index contributed by atoms with van der Waals surface area (Å²) in [4.78, 5) is 32.4. The summed E-state index contributed by atoms with van der Waals surface area (Å²) in [5, 5.41) is 0. The highest BCUT2D eigenvalue weighted by Gasteiger charge is 2.33. The van der Waals surface area contributed by atoms with E-state index in [-0.39, 0.29) is 9.95 Å². The van der Waals surface area contributed by atoms with Gasteiger partial charge in [-0.3, -0.25) is 8.42 Å². The Kier molecular flexibility index (Phi) is 24.3. The third-order valence-corrected chi connectivity index (χ3v) is 2.95. The van der Waals surface area contributed by atoms with Crippen LogP contribution in [0, 0.1) is 0 Å². The lowest BCUT2D eigenvalue weighted by atomic mass is 10.5. The monoisotopic (exact) mass is 480 g/mol. The fraction of sp³-hybridized carbons (Fsp3) is 1.00. The molecule has 0 saturated heterocycles. The topological polar surface area (TPSA) is 136 Å². The minimum absolute atomic E-state index is 0.125. The maximum absolute atomic E-state index is 8.52. The molecule has 0 bridgehead atoms. The van der Waals surface area contributed by atoms with E-state index in [1.807, 2.05) is 41.5 Å².